The van der Waals surface area contributed by atoms with Gasteiger partial charge in [-0.1, -0.05) is 40.9 Å². The maximum atomic E-state index is 12.8. The number of methoxy groups -OCH3 is 1. The van der Waals surface area contributed by atoms with E-state index >= 15 is 0 Å². The fraction of sp³-hybridized carbons (Fsp3) is 0.0556. The molecule has 0 saturated heterocycles. The standard InChI is InChI=1S/C18H11Cl3N2O4/c1-27-18(26)9-3-2-4-12(5-9)22-15-14(21)16(24)23(17(15)25)13-7-10(19)6-11(20)8-13/h2-8,22H,1H3. The summed E-state index contributed by atoms with van der Waals surface area (Å²) in [6.07, 6.45) is 0. The Morgan fingerprint density at radius 3 is 2.30 bits per heavy atom. The lowest BCUT2D eigenvalue weighted by atomic mass is 10.2. The molecule has 0 aromatic heterocycles. The quantitative estimate of drug-likeness (QED) is 0.586. The Morgan fingerprint density at radius 1 is 1.00 bits per heavy atom. The molecule has 9 heteroatoms. The van der Waals surface area contributed by atoms with E-state index in [1.807, 2.05) is 0 Å². The summed E-state index contributed by atoms with van der Waals surface area (Å²) in [6.45, 7) is 0. The van der Waals surface area contributed by atoms with Gasteiger partial charge in [-0.15, -0.1) is 0 Å². The minimum absolute atomic E-state index is 0.125. The number of hydrogen-bond acceptors (Lipinski definition) is 5. The minimum atomic E-state index is -0.716. The summed E-state index contributed by atoms with van der Waals surface area (Å²) < 4.78 is 4.66. The van der Waals surface area contributed by atoms with Gasteiger partial charge in [0.2, 0.25) is 0 Å². The van der Waals surface area contributed by atoms with Crippen LogP contribution in [-0.2, 0) is 14.3 Å². The van der Waals surface area contributed by atoms with Gasteiger partial charge in [-0.25, -0.2) is 9.69 Å². The summed E-state index contributed by atoms with van der Waals surface area (Å²) in [5.74, 6) is -1.93. The molecule has 1 aliphatic rings. The summed E-state index contributed by atoms with van der Waals surface area (Å²) in [4.78, 5) is 37.7. The summed E-state index contributed by atoms with van der Waals surface area (Å²) in [7, 11) is 1.26. The van der Waals surface area contributed by atoms with Crippen LogP contribution >= 0.6 is 34.8 Å². The fourth-order valence-corrected chi connectivity index (χ4v) is 3.23. The first-order chi connectivity index (χ1) is 12.8. The lowest BCUT2D eigenvalue weighted by Crippen LogP contribution is -2.32. The SMILES string of the molecule is COC(=O)c1cccc(NC2=C(Cl)C(=O)N(c3cc(Cl)cc(Cl)c3)C2=O)c1. The van der Waals surface area contributed by atoms with Crippen molar-refractivity contribution in [1.82, 2.24) is 0 Å². The number of halogens is 3. The van der Waals surface area contributed by atoms with Crippen LogP contribution in [0.3, 0.4) is 0 Å². The number of imide groups is 1. The molecule has 2 aromatic carbocycles. The highest BCUT2D eigenvalue weighted by Crippen LogP contribution is 2.33. The first-order valence-electron chi connectivity index (χ1n) is 7.52. The van der Waals surface area contributed by atoms with Crippen LogP contribution in [0.15, 0.2) is 53.2 Å². The van der Waals surface area contributed by atoms with Crippen molar-refractivity contribution in [2.24, 2.45) is 0 Å². The van der Waals surface area contributed by atoms with Crippen LogP contribution in [0.5, 0.6) is 0 Å². The Labute approximate surface area is 169 Å². The smallest absolute Gasteiger partial charge is 0.337 e. The molecule has 6 nitrogen and oxygen atoms in total. The van der Waals surface area contributed by atoms with Crippen LogP contribution in [0.2, 0.25) is 10.0 Å². The molecular weight excluding hydrogens is 415 g/mol. The number of benzene rings is 2. The van der Waals surface area contributed by atoms with E-state index in [0.717, 1.165) is 4.90 Å². The highest BCUT2D eigenvalue weighted by Gasteiger charge is 2.39. The Hall–Kier alpha value is -2.54. The van der Waals surface area contributed by atoms with Crippen molar-refractivity contribution in [3.63, 3.8) is 0 Å². The van der Waals surface area contributed by atoms with Gasteiger partial charge in [0.15, 0.2) is 0 Å². The summed E-state index contributed by atoms with van der Waals surface area (Å²) in [5, 5.41) is 3.02. The number of anilines is 2. The van der Waals surface area contributed by atoms with Crippen LogP contribution in [0.25, 0.3) is 0 Å². The Kier molecular flexibility index (Phi) is 5.41. The molecule has 0 spiro atoms. The maximum Gasteiger partial charge on any atom is 0.337 e. The fourth-order valence-electron chi connectivity index (χ4n) is 2.50. The molecular formula is C18H11Cl3N2O4. The molecule has 0 bridgehead atoms. The molecule has 1 heterocycles. The maximum absolute atomic E-state index is 12.8. The third kappa shape index (κ3) is 3.78. The van der Waals surface area contributed by atoms with Gasteiger partial charge in [-0.05, 0) is 36.4 Å². The molecule has 0 unspecified atom stereocenters. The first-order valence-corrected chi connectivity index (χ1v) is 8.65. The predicted molar refractivity (Wildman–Crippen MR) is 103 cm³/mol. The van der Waals surface area contributed by atoms with Crippen molar-refractivity contribution in [3.8, 4) is 0 Å². The molecule has 1 aliphatic heterocycles. The molecule has 1 N–H and O–H groups in total. The van der Waals surface area contributed by atoms with Crippen LogP contribution in [0.4, 0.5) is 11.4 Å². The van der Waals surface area contributed by atoms with Crippen molar-refractivity contribution in [1.29, 1.82) is 0 Å². The average Bonchev–Trinajstić information content (AvgIpc) is 2.84. The van der Waals surface area contributed by atoms with Gasteiger partial charge >= 0.3 is 5.97 Å². The monoisotopic (exact) mass is 424 g/mol. The van der Waals surface area contributed by atoms with Crippen molar-refractivity contribution in [2.75, 3.05) is 17.3 Å². The van der Waals surface area contributed by atoms with E-state index in [2.05, 4.69) is 10.1 Å². The van der Waals surface area contributed by atoms with Crippen molar-refractivity contribution in [2.45, 2.75) is 0 Å². The number of esters is 1. The predicted octanol–water partition coefficient (Wildman–Crippen LogP) is 4.22. The average molecular weight is 426 g/mol. The Balaban J connectivity index is 1.92. The zero-order valence-electron chi connectivity index (χ0n) is 13.8. The van der Waals surface area contributed by atoms with Gasteiger partial charge in [0.1, 0.15) is 10.7 Å². The summed E-state index contributed by atoms with van der Waals surface area (Å²) in [6, 6.07) is 10.6. The van der Waals surface area contributed by atoms with E-state index < -0.39 is 17.8 Å². The molecule has 0 saturated carbocycles. The molecule has 3 rings (SSSR count). The van der Waals surface area contributed by atoms with E-state index in [-0.39, 0.29) is 32.0 Å². The van der Waals surface area contributed by atoms with Gasteiger partial charge in [0.25, 0.3) is 11.8 Å². The number of carbonyl (C=O) groups excluding carboxylic acids is 3. The normalized spacial score (nSPS) is 14.0. The molecule has 27 heavy (non-hydrogen) atoms. The number of nitrogens with one attached hydrogen (secondary N) is 1. The van der Waals surface area contributed by atoms with E-state index in [4.69, 9.17) is 34.8 Å². The number of amides is 2. The van der Waals surface area contributed by atoms with Crippen LogP contribution < -0.4 is 10.2 Å². The van der Waals surface area contributed by atoms with Gasteiger partial charge in [-0.2, -0.15) is 0 Å². The number of ether oxygens (including phenoxy) is 1. The van der Waals surface area contributed by atoms with Crippen molar-refractivity contribution < 1.29 is 19.1 Å². The largest absolute Gasteiger partial charge is 0.465 e. The van der Waals surface area contributed by atoms with Crippen molar-refractivity contribution >= 4 is 64.0 Å². The molecule has 0 aliphatic carbocycles. The molecule has 0 atom stereocenters. The molecule has 138 valence electrons. The second kappa shape index (κ2) is 7.60. The van der Waals surface area contributed by atoms with Crippen molar-refractivity contribution in [3.05, 3.63) is 68.8 Å². The van der Waals surface area contributed by atoms with E-state index in [9.17, 15) is 14.4 Å². The lowest BCUT2D eigenvalue weighted by molar-refractivity contribution is -0.120. The van der Waals surface area contributed by atoms with Gasteiger partial charge in [0.05, 0.1) is 18.4 Å². The summed E-state index contributed by atoms with van der Waals surface area (Å²) >= 11 is 18.0. The molecule has 2 aromatic rings. The minimum Gasteiger partial charge on any atom is -0.465 e. The third-order valence-corrected chi connectivity index (χ3v) is 4.47. The van der Waals surface area contributed by atoms with E-state index in [1.54, 1.807) is 18.2 Å². The number of hydrogen-bond donors (Lipinski definition) is 1. The topological polar surface area (TPSA) is 75.7 Å². The van der Waals surface area contributed by atoms with Gasteiger partial charge in [-0.3, -0.25) is 9.59 Å². The molecule has 0 fully saturated rings. The highest BCUT2D eigenvalue weighted by molar-refractivity contribution is 6.53. The second-order valence-corrected chi connectivity index (χ2v) is 6.71. The zero-order chi connectivity index (χ0) is 19.7. The van der Waals surface area contributed by atoms with Gasteiger partial charge in [0, 0.05) is 15.7 Å². The third-order valence-electron chi connectivity index (χ3n) is 3.69. The highest BCUT2D eigenvalue weighted by atomic mass is 35.5. The number of carbonyl (C=O) groups is 3. The van der Waals surface area contributed by atoms with Crippen LogP contribution in [0, 0.1) is 0 Å². The molecule has 2 amide bonds. The Bertz CT molecular complexity index is 984. The van der Waals surface area contributed by atoms with E-state index in [0.29, 0.717) is 5.69 Å². The van der Waals surface area contributed by atoms with E-state index in [1.165, 1.54) is 31.4 Å². The number of rotatable bonds is 4. The van der Waals surface area contributed by atoms with Crippen LogP contribution in [-0.4, -0.2) is 24.9 Å². The first kappa shape index (κ1) is 19.2. The van der Waals surface area contributed by atoms with Crippen LogP contribution in [0.1, 0.15) is 10.4 Å². The zero-order valence-corrected chi connectivity index (χ0v) is 16.0. The summed E-state index contributed by atoms with van der Waals surface area (Å²) in [5.41, 5.74) is 0.730. The lowest BCUT2D eigenvalue weighted by Gasteiger charge is -2.16. The second-order valence-electron chi connectivity index (χ2n) is 5.46. The molecule has 0 radical (unpaired) electrons. The van der Waals surface area contributed by atoms with Gasteiger partial charge < -0.3 is 10.1 Å². The number of nitrogens with zero attached hydrogens (tertiary/aromatic N) is 1. The Morgan fingerprint density at radius 2 is 1.67 bits per heavy atom.